The number of benzene rings is 1. The normalized spacial score (nSPS) is 12.2. The molecule has 0 aliphatic carbocycles. The fourth-order valence-corrected chi connectivity index (χ4v) is 4.04. The molecule has 1 aromatic carbocycles. The molecule has 0 saturated carbocycles. The third-order valence-corrected chi connectivity index (χ3v) is 5.89. The third kappa shape index (κ3) is 3.80. The lowest BCUT2D eigenvalue weighted by Gasteiger charge is -2.15. The number of hydrogen-bond donors (Lipinski definition) is 1. The average Bonchev–Trinajstić information content (AvgIpc) is 3.58. The number of carbonyl (C=O) groups excluding carboxylic acids is 1. The molecular formula is C25H25N7O. The standard InChI is InChI=1S/C25H25N7O/c1-4-31-18(3)21(16-27-31)23-10-11-26-24-15-22(29-32(23)24)25(33)28-17(2)19-8-7-9-20(14-19)30-12-5-6-13-30/h5-17H,4H2,1-3H3,(H,28,33). The number of hydrogen-bond acceptors (Lipinski definition) is 4. The van der Waals surface area contributed by atoms with Crippen molar-refractivity contribution in [3.8, 4) is 16.9 Å². The van der Waals surface area contributed by atoms with Gasteiger partial charge >= 0.3 is 0 Å². The molecule has 1 unspecified atom stereocenters. The Labute approximate surface area is 191 Å². The number of aryl methyl sites for hydroxylation is 1. The molecular weight excluding hydrogens is 414 g/mol. The second-order valence-electron chi connectivity index (χ2n) is 7.97. The number of amides is 1. The fraction of sp³-hybridized carbons (Fsp3) is 0.200. The zero-order valence-corrected chi connectivity index (χ0v) is 18.8. The lowest BCUT2D eigenvalue weighted by atomic mass is 10.1. The molecule has 5 rings (SSSR count). The number of nitrogens with one attached hydrogen (secondary N) is 1. The predicted octanol–water partition coefficient (Wildman–Crippen LogP) is 4.20. The monoisotopic (exact) mass is 439 g/mol. The summed E-state index contributed by atoms with van der Waals surface area (Å²) in [4.78, 5) is 17.4. The van der Waals surface area contributed by atoms with Crippen LogP contribution in [0.4, 0.5) is 0 Å². The van der Waals surface area contributed by atoms with Gasteiger partial charge in [0.05, 0.1) is 17.9 Å². The molecule has 0 aliphatic heterocycles. The van der Waals surface area contributed by atoms with E-state index in [1.165, 1.54) is 0 Å². The van der Waals surface area contributed by atoms with Gasteiger partial charge in [0.2, 0.25) is 0 Å². The molecule has 5 aromatic rings. The van der Waals surface area contributed by atoms with Gasteiger partial charge in [0.1, 0.15) is 0 Å². The quantitative estimate of drug-likeness (QED) is 0.430. The number of aromatic nitrogens is 6. The maximum absolute atomic E-state index is 13.0. The van der Waals surface area contributed by atoms with Crippen LogP contribution >= 0.6 is 0 Å². The molecule has 4 aromatic heterocycles. The van der Waals surface area contributed by atoms with E-state index in [-0.39, 0.29) is 11.9 Å². The van der Waals surface area contributed by atoms with Crippen molar-refractivity contribution in [1.82, 2.24) is 34.3 Å². The van der Waals surface area contributed by atoms with E-state index < -0.39 is 0 Å². The fourth-order valence-electron chi connectivity index (χ4n) is 4.04. The molecule has 8 nitrogen and oxygen atoms in total. The largest absolute Gasteiger partial charge is 0.344 e. The predicted molar refractivity (Wildman–Crippen MR) is 126 cm³/mol. The summed E-state index contributed by atoms with van der Waals surface area (Å²) in [6.07, 6.45) is 7.55. The van der Waals surface area contributed by atoms with Crippen molar-refractivity contribution >= 4 is 11.6 Å². The molecule has 0 fully saturated rings. The Morgan fingerprint density at radius 1 is 1.12 bits per heavy atom. The Balaban J connectivity index is 1.41. The summed E-state index contributed by atoms with van der Waals surface area (Å²) in [5.41, 5.74) is 5.86. The van der Waals surface area contributed by atoms with E-state index in [0.29, 0.717) is 11.3 Å². The summed E-state index contributed by atoms with van der Waals surface area (Å²) in [7, 11) is 0. The number of rotatable bonds is 6. The molecule has 8 heteroatoms. The molecule has 1 N–H and O–H groups in total. The first-order chi connectivity index (χ1) is 16.0. The summed E-state index contributed by atoms with van der Waals surface area (Å²) in [5, 5.41) is 12.1. The van der Waals surface area contributed by atoms with Crippen LogP contribution in [-0.4, -0.2) is 34.9 Å². The highest BCUT2D eigenvalue weighted by Gasteiger charge is 2.18. The zero-order chi connectivity index (χ0) is 22.9. The van der Waals surface area contributed by atoms with Crippen molar-refractivity contribution < 1.29 is 4.79 Å². The molecule has 0 saturated heterocycles. The van der Waals surface area contributed by atoms with E-state index in [1.54, 1.807) is 16.8 Å². The van der Waals surface area contributed by atoms with Crippen molar-refractivity contribution in [2.75, 3.05) is 0 Å². The van der Waals surface area contributed by atoms with E-state index in [9.17, 15) is 4.79 Å². The second-order valence-corrected chi connectivity index (χ2v) is 7.97. The van der Waals surface area contributed by atoms with Gasteiger partial charge in [0.15, 0.2) is 11.3 Å². The summed E-state index contributed by atoms with van der Waals surface area (Å²) >= 11 is 0. The van der Waals surface area contributed by atoms with Crippen molar-refractivity contribution in [3.05, 3.63) is 90.3 Å². The van der Waals surface area contributed by atoms with Crippen molar-refractivity contribution in [3.63, 3.8) is 0 Å². The van der Waals surface area contributed by atoms with Gasteiger partial charge in [-0.25, -0.2) is 9.50 Å². The van der Waals surface area contributed by atoms with Crippen molar-refractivity contribution in [2.24, 2.45) is 0 Å². The second kappa shape index (κ2) is 8.38. The Bertz CT molecular complexity index is 1430. The van der Waals surface area contributed by atoms with Crippen LogP contribution in [0.25, 0.3) is 22.6 Å². The highest BCUT2D eigenvalue weighted by atomic mass is 16.2. The molecule has 166 valence electrons. The van der Waals surface area contributed by atoms with E-state index in [2.05, 4.69) is 33.5 Å². The van der Waals surface area contributed by atoms with Crippen LogP contribution in [-0.2, 0) is 6.54 Å². The lowest BCUT2D eigenvalue weighted by molar-refractivity contribution is 0.0934. The molecule has 0 spiro atoms. The van der Waals surface area contributed by atoms with Crippen LogP contribution < -0.4 is 5.32 Å². The Morgan fingerprint density at radius 3 is 2.70 bits per heavy atom. The van der Waals surface area contributed by atoms with E-state index in [0.717, 1.165) is 34.7 Å². The maximum atomic E-state index is 13.0. The van der Waals surface area contributed by atoms with Gasteiger partial charge in [-0.05, 0) is 56.7 Å². The number of carbonyl (C=O) groups is 1. The Hall–Kier alpha value is -4.20. The molecule has 1 amide bonds. The van der Waals surface area contributed by atoms with Crippen LogP contribution in [0.1, 0.15) is 41.6 Å². The summed E-state index contributed by atoms with van der Waals surface area (Å²) in [5.74, 6) is -0.244. The first-order valence-corrected chi connectivity index (χ1v) is 11.0. The first kappa shape index (κ1) is 20.7. The van der Waals surface area contributed by atoms with Crippen molar-refractivity contribution in [1.29, 1.82) is 0 Å². The number of fused-ring (bicyclic) bond motifs is 1. The topological polar surface area (TPSA) is 82.0 Å². The summed E-state index contributed by atoms with van der Waals surface area (Å²) in [6.45, 7) is 6.83. The van der Waals surface area contributed by atoms with E-state index >= 15 is 0 Å². The number of nitrogens with zero attached hydrogens (tertiary/aromatic N) is 6. The maximum Gasteiger partial charge on any atom is 0.272 e. The Morgan fingerprint density at radius 2 is 1.94 bits per heavy atom. The molecule has 1 atom stereocenters. The summed E-state index contributed by atoms with van der Waals surface area (Å²) in [6, 6.07) is 15.5. The van der Waals surface area contributed by atoms with Crippen LogP contribution in [0, 0.1) is 6.92 Å². The van der Waals surface area contributed by atoms with Gasteiger partial charge < -0.3 is 9.88 Å². The van der Waals surface area contributed by atoms with Gasteiger partial charge in [-0.15, -0.1) is 0 Å². The highest BCUT2D eigenvalue weighted by Crippen LogP contribution is 2.24. The minimum atomic E-state index is -0.244. The van der Waals surface area contributed by atoms with E-state index in [4.69, 9.17) is 0 Å². The van der Waals surface area contributed by atoms with Crippen LogP contribution in [0.3, 0.4) is 0 Å². The van der Waals surface area contributed by atoms with Gasteiger partial charge in [0, 0.05) is 48.1 Å². The van der Waals surface area contributed by atoms with Gasteiger partial charge in [-0.2, -0.15) is 10.2 Å². The van der Waals surface area contributed by atoms with Crippen molar-refractivity contribution in [2.45, 2.75) is 33.4 Å². The molecule has 4 heterocycles. The highest BCUT2D eigenvalue weighted by molar-refractivity contribution is 5.93. The summed E-state index contributed by atoms with van der Waals surface area (Å²) < 4.78 is 5.68. The molecule has 0 bridgehead atoms. The van der Waals surface area contributed by atoms with Gasteiger partial charge in [-0.3, -0.25) is 9.48 Å². The zero-order valence-electron chi connectivity index (χ0n) is 18.8. The Kier molecular flexibility index (Phi) is 5.26. The molecule has 33 heavy (non-hydrogen) atoms. The first-order valence-electron chi connectivity index (χ1n) is 11.0. The minimum Gasteiger partial charge on any atom is -0.344 e. The van der Waals surface area contributed by atoms with Crippen LogP contribution in [0.15, 0.2) is 73.3 Å². The lowest BCUT2D eigenvalue weighted by Crippen LogP contribution is -2.27. The van der Waals surface area contributed by atoms with Crippen LogP contribution in [0.2, 0.25) is 0 Å². The minimum absolute atomic E-state index is 0.185. The van der Waals surface area contributed by atoms with Crippen LogP contribution in [0.5, 0.6) is 0 Å². The molecule has 0 aliphatic rings. The molecule has 0 radical (unpaired) electrons. The SMILES string of the molecule is CCn1ncc(-c2ccnc3cc(C(=O)NC(C)c4cccc(-n5cccc5)c4)nn23)c1C. The third-order valence-electron chi connectivity index (χ3n) is 5.89. The van der Waals surface area contributed by atoms with Gasteiger partial charge in [0.25, 0.3) is 5.91 Å². The smallest absolute Gasteiger partial charge is 0.272 e. The van der Waals surface area contributed by atoms with Gasteiger partial charge in [-0.1, -0.05) is 12.1 Å². The van der Waals surface area contributed by atoms with E-state index in [1.807, 2.05) is 78.1 Å². The average molecular weight is 440 g/mol.